The number of hydrogen-bond donors (Lipinski definition) is 1. The second kappa shape index (κ2) is 9.09. The van der Waals surface area contributed by atoms with E-state index in [0.717, 1.165) is 33.5 Å². The van der Waals surface area contributed by atoms with E-state index in [1.54, 1.807) is 0 Å². The third-order valence-electron chi connectivity index (χ3n) is 4.72. The Hall–Kier alpha value is -3.86. The van der Waals surface area contributed by atoms with E-state index in [9.17, 15) is 4.79 Å². The lowest BCUT2D eigenvalue weighted by molar-refractivity contribution is -0.136. The Kier molecular flexibility index (Phi) is 5.90. The third-order valence-corrected chi connectivity index (χ3v) is 4.72. The van der Waals surface area contributed by atoms with Gasteiger partial charge in [-0.2, -0.15) is 0 Å². The summed E-state index contributed by atoms with van der Waals surface area (Å²) in [7, 11) is 0. The summed E-state index contributed by atoms with van der Waals surface area (Å²) < 4.78 is 11.7. The highest BCUT2D eigenvalue weighted by molar-refractivity contribution is 5.78. The van der Waals surface area contributed by atoms with Gasteiger partial charge in [0.1, 0.15) is 24.7 Å². The Morgan fingerprint density at radius 1 is 0.733 bits per heavy atom. The second-order valence-corrected chi connectivity index (χ2v) is 6.88. The van der Waals surface area contributed by atoms with Crippen LogP contribution < -0.4 is 9.47 Å². The zero-order valence-electron chi connectivity index (χ0n) is 16.3. The van der Waals surface area contributed by atoms with Crippen molar-refractivity contribution in [3.8, 4) is 11.5 Å². The van der Waals surface area contributed by atoms with Crippen molar-refractivity contribution in [3.63, 3.8) is 0 Å². The molecule has 0 atom stereocenters. The van der Waals surface area contributed by atoms with Crippen molar-refractivity contribution in [1.29, 1.82) is 0 Å². The molecule has 5 heteroatoms. The SMILES string of the molecule is O=C(O)Cc1ccccc1COc1ccc(OCc2ccc3ccccc3n2)cc1. The van der Waals surface area contributed by atoms with Gasteiger partial charge in [-0.3, -0.25) is 4.79 Å². The van der Waals surface area contributed by atoms with Gasteiger partial charge >= 0.3 is 5.97 Å². The minimum Gasteiger partial charge on any atom is -0.489 e. The molecule has 150 valence electrons. The van der Waals surface area contributed by atoms with Gasteiger partial charge in [-0.25, -0.2) is 4.98 Å². The number of carbonyl (C=O) groups is 1. The van der Waals surface area contributed by atoms with Crippen molar-refractivity contribution in [1.82, 2.24) is 4.98 Å². The van der Waals surface area contributed by atoms with Gasteiger partial charge in [0.25, 0.3) is 0 Å². The molecule has 0 bridgehead atoms. The first-order chi connectivity index (χ1) is 14.7. The molecule has 0 unspecified atom stereocenters. The van der Waals surface area contributed by atoms with Crippen molar-refractivity contribution >= 4 is 16.9 Å². The molecule has 0 aliphatic heterocycles. The van der Waals surface area contributed by atoms with E-state index in [0.29, 0.717) is 19.0 Å². The predicted octanol–water partition coefficient (Wildman–Crippen LogP) is 5.02. The van der Waals surface area contributed by atoms with Gasteiger partial charge in [-0.1, -0.05) is 48.5 Å². The van der Waals surface area contributed by atoms with Crippen LogP contribution in [0.3, 0.4) is 0 Å². The second-order valence-electron chi connectivity index (χ2n) is 6.88. The number of carboxylic acid groups (broad SMARTS) is 1. The van der Waals surface area contributed by atoms with Crippen LogP contribution in [0.5, 0.6) is 11.5 Å². The van der Waals surface area contributed by atoms with Crippen LogP contribution in [0.2, 0.25) is 0 Å². The fourth-order valence-electron chi connectivity index (χ4n) is 3.17. The predicted molar refractivity (Wildman–Crippen MR) is 115 cm³/mol. The molecular formula is C25H21NO4. The maximum atomic E-state index is 11.0. The molecule has 0 aliphatic rings. The Labute approximate surface area is 174 Å². The molecule has 5 nitrogen and oxygen atoms in total. The van der Waals surface area contributed by atoms with Crippen LogP contribution in [0.15, 0.2) is 84.9 Å². The molecule has 1 aromatic heterocycles. The molecule has 0 saturated heterocycles. The third kappa shape index (κ3) is 4.94. The number of para-hydroxylation sites is 1. The number of aromatic nitrogens is 1. The number of rotatable bonds is 8. The standard InChI is InChI=1S/C25H21NO4/c27-25(28)15-19-6-1-2-7-20(19)16-29-22-11-13-23(14-12-22)30-17-21-10-9-18-5-3-4-8-24(18)26-21/h1-14H,15-17H2,(H,27,28). The largest absolute Gasteiger partial charge is 0.489 e. The van der Waals surface area contributed by atoms with Crippen molar-refractivity contribution in [2.24, 2.45) is 0 Å². The lowest BCUT2D eigenvalue weighted by atomic mass is 10.1. The summed E-state index contributed by atoms with van der Waals surface area (Å²) in [6.07, 6.45) is -0.0187. The molecule has 30 heavy (non-hydrogen) atoms. The van der Waals surface area contributed by atoms with Gasteiger partial charge in [0.15, 0.2) is 0 Å². The van der Waals surface area contributed by atoms with E-state index in [1.165, 1.54) is 0 Å². The minimum absolute atomic E-state index is 0.0187. The number of carboxylic acids is 1. The lowest BCUT2D eigenvalue weighted by Gasteiger charge is -2.11. The smallest absolute Gasteiger partial charge is 0.307 e. The number of pyridine rings is 1. The van der Waals surface area contributed by atoms with E-state index in [4.69, 9.17) is 14.6 Å². The van der Waals surface area contributed by atoms with Crippen molar-refractivity contribution in [3.05, 3.63) is 102 Å². The number of aliphatic carboxylic acids is 1. The summed E-state index contributed by atoms with van der Waals surface area (Å²) in [6, 6.07) is 26.8. The molecule has 0 amide bonds. The molecule has 3 aromatic carbocycles. The number of benzene rings is 3. The molecule has 0 saturated carbocycles. The maximum Gasteiger partial charge on any atom is 0.307 e. The fraction of sp³-hybridized carbons (Fsp3) is 0.120. The van der Waals surface area contributed by atoms with Gasteiger partial charge in [-0.15, -0.1) is 0 Å². The highest BCUT2D eigenvalue weighted by atomic mass is 16.5. The lowest BCUT2D eigenvalue weighted by Crippen LogP contribution is -2.05. The van der Waals surface area contributed by atoms with E-state index in [2.05, 4.69) is 4.98 Å². The molecule has 0 spiro atoms. The van der Waals surface area contributed by atoms with E-state index in [-0.39, 0.29) is 6.42 Å². The number of nitrogens with zero attached hydrogens (tertiary/aromatic N) is 1. The average molecular weight is 399 g/mol. The van der Waals surface area contributed by atoms with E-state index in [1.807, 2.05) is 84.9 Å². The van der Waals surface area contributed by atoms with Gasteiger partial charge in [-0.05, 0) is 47.5 Å². The minimum atomic E-state index is -0.857. The van der Waals surface area contributed by atoms with Crippen molar-refractivity contribution in [2.45, 2.75) is 19.6 Å². The summed E-state index contributed by atoms with van der Waals surface area (Å²) in [6.45, 7) is 0.693. The highest BCUT2D eigenvalue weighted by Crippen LogP contribution is 2.21. The summed E-state index contributed by atoms with van der Waals surface area (Å²) in [5.41, 5.74) is 3.44. The normalized spacial score (nSPS) is 10.7. The van der Waals surface area contributed by atoms with Crippen molar-refractivity contribution in [2.75, 3.05) is 0 Å². The van der Waals surface area contributed by atoms with Gasteiger partial charge < -0.3 is 14.6 Å². The first-order valence-electron chi connectivity index (χ1n) is 9.66. The van der Waals surface area contributed by atoms with Crippen LogP contribution in [0, 0.1) is 0 Å². The first-order valence-corrected chi connectivity index (χ1v) is 9.66. The molecular weight excluding hydrogens is 378 g/mol. The Balaban J connectivity index is 1.34. The summed E-state index contributed by atoms with van der Waals surface area (Å²) in [5.74, 6) is 0.560. The quantitative estimate of drug-likeness (QED) is 0.451. The number of hydrogen-bond acceptors (Lipinski definition) is 4. The molecule has 0 aliphatic carbocycles. The number of fused-ring (bicyclic) bond motifs is 1. The van der Waals surface area contributed by atoms with Crippen LogP contribution in [0.4, 0.5) is 0 Å². The van der Waals surface area contributed by atoms with Crippen LogP contribution in [-0.4, -0.2) is 16.1 Å². The van der Waals surface area contributed by atoms with Crippen LogP contribution in [-0.2, 0) is 24.4 Å². The highest BCUT2D eigenvalue weighted by Gasteiger charge is 2.07. The Morgan fingerprint density at radius 3 is 2.10 bits per heavy atom. The molecule has 1 N–H and O–H groups in total. The number of ether oxygens (including phenoxy) is 2. The van der Waals surface area contributed by atoms with Gasteiger partial charge in [0.05, 0.1) is 17.6 Å². The first kappa shape index (κ1) is 19.5. The maximum absolute atomic E-state index is 11.0. The van der Waals surface area contributed by atoms with Gasteiger partial charge in [0, 0.05) is 5.39 Å². The van der Waals surface area contributed by atoms with Crippen LogP contribution in [0.1, 0.15) is 16.8 Å². The summed E-state index contributed by atoms with van der Waals surface area (Å²) in [5, 5.41) is 10.1. The molecule has 4 aromatic rings. The van der Waals surface area contributed by atoms with E-state index < -0.39 is 5.97 Å². The van der Waals surface area contributed by atoms with Crippen LogP contribution >= 0.6 is 0 Å². The molecule has 0 radical (unpaired) electrons. The molecule has 0 fully saturated rings. The van der Waals surface area contributed by atoms with Gasteiger partial charge in [0.2, 0.25) is 0 Å². The average Bonchev–Trinajstić information content (AvgIpc) is 2.77. The fourth-order valence-corrected chi connectivity index (χ4v) is 3.17. The summed E-state index contributed by atoms with van der Waals surface area (Å²) >= 11 is 0. The Morgan fingerprint density at radius 2 is 1.37 bits per heavy atom. The Bertz CT molecular complexity index is 1160. The summed E-state index contributed by atoms with van der Waals surface area (Å²) in [4.78, 5) is 15.6. The zero-order chi connectivity index (χ0) is 20.8. The topological polar surface area (TPSA) is 68.7 Å². The molecule has 1 heterocycles. The monoisotopic (exact) mass is 399 g/mol. The van der Waals surface area contributed by atoms with Crippen LogP contribution in [0.25, 0.3) is 10.9 Å². The van der Waals surface area contributed by atoms with E-state index >= 15 is 0 Å². The van der Waals surface area contributed by atoms with Crippen molar-refractivity contribution < 1.29 is 19.4 Å². The zero-order valence-corrected chi connectivity index (χ0v) is 16.3. The molecule has 4 rings (SSSR count).